The van der Waals surface area contributed by atoms with Gasteiger partial charge in [0.25, 0.3) is 0 Å². The van der Waals surface area contributed by atoms with Gasteiger partial charge in [0, 0.05) is 18.5 Å². The van der Waals surface area contributed by atoms with Gasteiger partial charge >= 0.3 is 0 Å². The molecule has 0 aliphatic heterocycles. The van der Waals surface area contributed by atoms with Crippen molar-refractivity contribution >= 4 is 0 Å². The number of hydrogen-bond acceptors (Lipinski definition) is 3. The van der Waals surface area contributed by atoms with Crippen LogP contribution in [-0.2, 0) is 6.42 Å². The van der Waals surface area contributed by atoms with Crippen molar-refractivity contribution in [3.05, 3.63) is 24.2 Å². The summed E-state index contributed by atoms with van der Waals surface area (Å²) in [6.45, 7) is 2.11. The van der Waals surface area contributed by atoms with E-state index in [1.165, 1.54) is 38.5 Å². The van der Waals surface area contributed by atoms with E-state index in [0.29, 0.717) is 5.54 Å². The van der Waals surface area contributed by atoms with Crippen molar-refractivity contribution in [2.45, 2.75) is 50.5 Å². The Morgan fingerprint density at radius 2 is 2.06 bits per heavy atom. The number of rotatable bonds is 7. The fourth-order valence-corrected chi connectivity index (χ4v) is 2.97. The molecule has 1 heterocycles. The fraction of sp³-hybridized carbons (Fsp3) is 0.733. The average Bonchev–Trinajstić information content (AvgIpc) is 2.93. The molecule has 0 aromatic carbocycles. The van der Waals surface area contributed by atoms with Gasteiger partial charge in [-0.2, -0.15) is 0 Å². The molecule has 102 valence electrons. The molecule has 2 N–H and O–H groups in total. The number of furan rings is 1. The van der Waals surface area contributed by atoms with Crippen molar-refractivity contribution in [2.75, 3.05) is 20.1 Å². The first-order valence-electron chi connectivity index (χ1n) is 7.27. The second-order valence-corrected chi connectivity index (χ2v) is 5.42. The Labute approximate surface area is 110 Å². The molecule has 0 radical (unpaired) electrons. The summed E-state index contributed by atoms with van der Waals surface area (Å²) in [5, 5.41) is 7.09. The van der Waals surface area contributed by atoms with Crippen molar-refractivity contribution in [1.82, 2.24) is 10.6 Å². The lowest BCUT2D eigenvalue weighted by Crippen LogP contribution is -2.46. The van der Waals surface area contributed by atoms with Crippen LogP contribution in [0.25, 0.3) is 0 Å². The molecule has 3 nitrogen and oxygen atoms in total. The molecule has 1 saturated carbocycles. The van der Waals surface area contributed by atoms with Crippen LogP contribution in [0, 0.1) is 0 Å². The van der Waals surface area contributed by atoms with E-state index in [4.69, 9.17) is 4.42 Å². The normalized spacial score (nSPS) is 18.9. The molecule has 0 bridgehead atoms. The molecule has 1 aliphatic carbocycles. The minimum atomic E-state index is 0.399. The summed E-state index contributed by atoms with van der Waals surface area (Å²) in [7, 11) is 2.12. The molecular formula is C15H26N2O. The largest absolute Gasteiger partial charge is 0.469 e. The maximum absolute atomic E-state index is 5.32. The summed E-state index contributed by atoms with van der Waals surface area (Å²) in [4.78, 5) is 0. The van der Waals surface area contributed by atoms with E-state index in [1.807, 2.05) is 12.1 Å². The minimum absolute atomic E-state index is 0.399. The van der Waals surface area contributed by atoms with E-state index in [2.05, 4.69) is 17.7 Å². The van der Waals surface area contributed by atoms with E-state index in [1.54, 1.807) is 6.26 Å². The van der Waals surface area contributed by atoms with Crippen LogP contribution in [0.4, 0.5) is 0 Å². The van der Waals surface area contributed by atoms with Crippen molar-refractivity contribution in [1.29, 1.82) is 0 Å². The lowest BCUT2D eigenvalue weighted by atomic mass is 9.79. The number of nitrogens with one attached hydrogen (secondary N) is 2. The second kappa shape index (κ2) is 6.95. The topological polar surface area (TPSA) is 37.2 Å². The Kier molecular flexibility index (Phi) is 5.26. The Balaban J connectivity index is 1.61. The van der Waals surface area contributed by atoms with E-state index < -0.39 is 0 Å². The molecule has 3 heteroatoms. The van der Waals surface area contributed by atoms with Crippen molar-refractivity contribution < 1.29 is 4.42 Å². The second-order valence-electron chi connectivity index (χ2n) is 5.42. The monoisotopic (exact) mass is 250 g/mol. The summed E-state index contributed by atoms with van der Waals surface area (Å²) in [5.41, 5.74) is 0.399. The lowest BCUT2D eigenvalue weighted by molar-refractivity contribution is 0.228. The molecule has 1 aromatic rings. The van der Waals surface area contributed by atoms with Crippen LogP contribution in [0.15, 0.2) is 22.8 Å². The van der Waals surface area contributed by atoms with Gasteiger partial charge in [-0.15, -0.1) is 0 Å². The maximum Gasteiger partial charge on any atom is 0.105 e. The predicted molar refractivity (Wildman–Crippen MR) is 74.8 cm³/mol. The Bertz CT molecular complexity index is 315. The maximum atomic E-state index is 5.32. The van der Waals surface area contributed by atoms with Crippen LogP contribution in [-0.4, -0.2) is 25.7 Å². The molecule has 1 aliphatic rings. The minimum Gasteiger partial charge on any atom is -0.469 e. The zero-order valence-electron chi connectivity index (χ0n) is 11.5. The Morgan fingerprint density at radius 3 is 2.72 bits per heavy atom. The molecule has 1 fully saturated rings. The SMILES string of the molecule is CNC1(CCNCCc2ccco2)CCCCC1. The summed E-state index contributed by atoms with van der Waals surface area (Å²) in [6.07, 6.45) is 10.8. The first-order chi connectivity index (χ1) is 8.85. The van der Waals surface area contributed by atoms with Crippen LogP contribution < -0.4 is 10.6 Å². The molecule has 1 aromatic heterocycles. The predicted octanol–water partition coefficient (Wildman–Crippen LogP) is 2.72. The molecule has 0 unspecified atom stereocenters. The molecule has 18 heavy (non-hydrogen) atoms. The quantitative estimate of drug-likeness (QED) is 0.731. The Morgan fingerprint density at radius 1 is 1.22 bits per heavy atom. The highest BCUT2D eigenvalue weighted by atomic mass is 16.3. The van der Waals surface area contributed by atoms with Crippen LogP contribution in [0.1, 0.15) is 44.3 Å². The zero-order chi connectivity index (χ0) is 12.7. The third kappa shape index (κ3) is 3.85. The van der Waals surface area contributed by atoms with Crippen LogP contribution in [0.2, 0.25) is 0 Å². The third-order valence-electron chi connectivity index (χ3n) is 4.25. The standard InChI is InChI=1S/C15H26N2O/c1-16-15(8-3-2-4-9-15)10-12-17-11-7-14-6-5-13-18-14/h5-6,13,16-17H,2-4,7-12H2,1H3. The van der Waals surface area contributed by atoms with Crippen LogP contribution >= 0.6 is 0 Å². The molecule has 0 atom stereocenters. The van der Waals surface area contributed by atoms with Gasteiger partial charge in [0.15, 0.2) is 0 Å². The first-order valence-corrected chi connectivity index (χ1v) is 7.27. The van der Waals surface area contributed by atoms with Gasteiger partial charge in [0.2, 0.25) is 0 Å². The molecule has 2 rings (SSSR count). The highest BCUT2D eigenvalue weighted by Gasteiger charge is 2.29. The zero-order valence-corrected chi connectivity index (χ0v) is 11.5. The van der Waals surface area contributed by atoms with E-state index >= 15 is 0 Å². The van der Waals surface area contributed by atoms with Gasteiger partial charge in [-0.1, -0.05) is 19.3 Å². The highest BCUT2D eigenvalue weighted by molar-refractivity contribution is 4.98. The van der Waals surface area contributed by atoms with Gasteiger partial charge in [-0.25, -0.2) is 0 Å². The summed E-state index contributed by atoms with van der Waals surface area (Å²) in [5.74, 6) is 1.07. The van der Waals surface area contributed by atoms with E-state index in [0.717, 1.165) is 25.3 Å². The third-order valence-corrected chi connectivity index (χ3v) is 4.25. The van der Waals surface area contributed by atoms with E-state index in [9.17, 15) is 0 Å². The van der Waals surface area contributed by atoms with Crippen LogP contribution in [0.5, 0.6) is 0 Å². The van der Waals surface area contributed by atoms with Crippen molar-refractivity contribution in [3.8, 4) is 0 Å². The van der Waals surface area contributed by atoms with Crippen molar-refractivity contribution in [2.24, 2.45) is 0 Å². The lowest BCUT2D eigenvalue weighted by Gasteiger charge is -2.37. The average molecular weight is 250 g/mol. The molecular weight excluding hydrogens is 224 g/mol. The van der Waals surface area contributed by atoms with Gasteiger partial charge in [0.1, 0.15) is 5.76 Å². The van der Waals surface area contributed by atoms with Crippen molar-refractivity contribution in [3.63, 3.8) is 0 Å². The summed E-state index contributed by atoms with van der Waals surface area (Å²) in [6, 6.07) is 3.99. The fourth-order valence-electron chi connectivity index (χ4n) is 2.97. The molecule has 0 saturated heterocycles. The van der Waals surface area contributed by atoms with Crippen LogP contribution in [0.3, 0.4) is 0 Å². The van der Waals surface area contributed by atoms with Gasteiger partial charge in [0.05, 0.1) is 6.26 Å². The highest BCUT2D eigenvalue weighted by Crippen LogP contribution is 2.30. The number of hydrogen-bond donors (Lipinski definition) is 2. The Hall–Kier alpha value is -0.800. The molecule has 0 amide bonds. The summed E-state index contributed by atoms with van der Waals surface area (Å²) < 4.78 is 5.32. The smallest absolute Gasteiger partial charge is 0.105 e. The van der Waals surface area contributed by atoms with E-state index in [-0.39, 0.29) is 0 Å². The van der Waals surface area contributed by atoms with Gasteiger partial charge in [-0.05, 0) is 45.0 Å². The summed E-state index contributed by atoms with van der Waals surface area (Å²) >= 11 is 0. The van der Waals surface area contributed by atoms with Gasteiger partial charge < -0.3 is 15.1 Å². The first kappa shape index (κ1) is 13.6. The van der Waals surface area contributed by atoms with Gasteiger partial charge in [-0.3, -0.25) is 0 Å². The molecule has 0 spiro atoms.